The van der Waals surface area contributed by atoms with Crippen LogP contribution >= 0.6 is 0 Å². The molecule has 20 heavy (non-hydrogen) atoms. The molecule has 1 aromatic rings. The van der Waals surface area contributed by atoms with Gasteiger partial charge < -0.3 is 19.9 Å². The first-order valence-electron chi connectivity index (χ1n) is 7.15. The molecule has 7 nitrogen and oxygen atoms in total. The predicted octanol–water partition coefficient (Wildman–Crippen LogP) is 0.793. The summed E-state index contributed by atoms with van der Waals surface area (Å²) in [5.74, 6) is 0.279. The minimum absolute atomic E-state index is 0.0831. The summed E-state index contributed by atoms with van der Waals surface area (Å²) < 4.78 is 10.8. The first kappa shape index (κ1) is 13.5. The lowest BCUT2D eigenvalue weighted by Crippen LogP contribution is -2.40. The van der Waals surface area contributed by atoms with Gasteiger partial charge in [-0.3, -0.25) is 4.79 Å². The number of amides is 1. The third kappa shape index (κ3) is 2.83. The minimum Gasteiger partial charge on any atom is -0.373 e. The van der Waals surface area contributed by atoms with E-state index in [-0.39, 0.29) is 23.4 Å². The second-order valence-electron chi connectivity index (χ2n) is 5.69. The molecule has 2 atom stereocenters. The third-order valence-corrected chi connectivity index (χ3v) is 3.93. The molecule has 0 saturated carbocycles. The fraction of sp³-hybridized carbons (Fsp3) is 0.769. The second-order valence-corrected chi connectivity index (χ2v) is 5.69. The van der Waals surface area contributed by atoms with Crippen LogP contribution in [0.5, 0.6) is 0 Å². The van der Waals surface area contributed by atoms with Gasteiger partial charge in [0, 0.05) is 13.2 Å². The molecule has 0 spiro atoms. The van der Waals surface area contributed by atoms with Crippen LogP contribution in [0.1, 0.15) is 55.2 Å². The molecular formula is C13H20N4O3. The van der Waals surface area contributed by atoms with Gasteiger partial charge >= 0.3 is 0 Å². The molecule has 1 aromatic heterocycles. The van der Waals surface area contributed by atoms with E-state index in [0.717, 1.165) is 38.8 Å². The van der Waals surface area contributed by atoms with Gasteiger partial charge in [-0.15, -0.1) is 0 Å². The molecule has 1 amide bonds. The molecule has 2 aliphatic rings. The fourth-order valence-electron chi connectivity index (χ4n) is 2.69. The van der Waals surface area contributed by atoms with Gasteiger partial charge in [-0.25, -0.2) is 0 Å². The van der Waals surface area contributed by atoms with Gasteiger partial charge in [0.05, 0.1) is 11.6 Å². The van der Waals surface area contributed by atoms with Crippen molar-refractivity contribution in [2.75, 3.05) is 19.7 Å². The number of nitrogens with zero attached hydrogens (tertiary/aromatic N) is 2. The van der Waals surface area contributed by atoms with Crippen molar-refractivity contribution in [2.24, 2.45) is 0 Å². The van der Waals surface area contributed by atoms with Crippen molar-refractivity contribution in [3.05, 3.63) is 11.7 Å². The second kappa shape index (κ2) is 5.49. The Bertz CT molecular complexity index is 476. The van der Waals surface area contributed by atoms with Crippen LogP contribution in [0.4, 0.5) is 0 Å². The normalized spacial score (nSPS) is 29.8. The molecular weight excluding hydrogens is 260 g/mol. The highest BCUT2D eigenvalue weighted by atomic mass is 16.5. The van der Waals surface area contributed by atoms with Gasteiger partial charge in [-0.2, -0.15) is 4.98 Å². The van der Waals surface area contributed by atoms with Crippen LogP contribution in [0.2, 0.25) is 0 Å². The molecule has 0 aromatic carbocycles. The summed E-state index contributed by atoms with van der Waals surface area (Å²) in [7, 11) is 0. The van der Waals surface area contributed by atoms with E-state index in [0.29, 0.717) is 12.4 Å². The van der Waals surface area contributed by atoms with Crippen LogP contribution < -0.4 is 10.6 Å². The highest BCUT2D eigenvalue weighted by molar-refractivity contribution is 5.90. The molecule has 7 heteroatoms. The summed E-state index contributed by atoms with van der Waals surface area (Å²) in [5.41, 5.74) is -0.269. The van der Waals surface area contributed by atoms with Crippen LogP contribution in [0, 0.1) is 0 Å². The van der Waals surface area contributed by atoms with E-state index in [2.05, 4.69) is 20.8 Å². The van der Waals surface area contributed by atoms with E-state index >= 15 is 0 Å². The van der Waals surface area contributed by atoms with E-state index in [1.807, 2.05) is 6.92 Å². The van der Waals surface area contributed by atoms with Crippen molar-refractivity contribution in [2.45, 2.75) is 44.2 Å². The standard InChI is InChI=1S/C13H20N4O3/c1-13(5-3-7-19-13)8-15-11(18)10-16-12(20-17-10)9-4-2-6-14-9/h9,14H,2-8H2,1H3,(H,15,18). The summed E-state index contributed by atoms with van der Waals surface area (Å²) in [6.45, 7) is 4.18. The Morgan fingerprint density at radius 2 is 2.45 bits per heavy atom. The average molecular weight is 280 g/mol. The molecule has 3 heterocycles. The first-order valence-corrected chi connectivity index (χ1v) is 7.15. The largest absolute Gasteiger partial charge is 0.373 e. The fourth-order valence-corrected chi connectivity index (χ4v) is 2.69. The van der Waals surface area contributed by atoms with Gasteiger partial charge in [-0.1, -0.05) is 5.16 Å². The van der Waals surface area contributed by atoms with Crippen LogP contribution in [0.15, 0.2) is 4.52 Å². The number of aromatic nitrogens is 2. The van der Waals surface area contributed by atoms with Crippen LogP contribution in [0.25, 0.3) is 0 Å². The van der Waals surface area contributed by atoms with Gasteiger partial charge in [0.1, 0.15) is 0 Å². The molecule has 2 N–H and O–H groups in total. The molecule has 3 rings (SSSR count). The number of nitrogens with one attached hydrogen (secondary N) is 2. The van der Waals surface area contributed by atoms with Crippen molar-refractivity contribution >= 4 is 5.91 Å². The quantitative estimate of drug-likeness (QED) is 0.847. The van der Waals surface area contributed by atoms with E-state index < -0.39 is 0 Å². The Morgan fingerprint density at radius 1 is 1.55 bits per heavy atom. The molecule has 2 unspecified atom stereocenters. The molecule has 2 fully saturated rings. The monoisotopic (exact) mass is 280 g/mol. The predicted molar refractivity (Wildman–Crippen MR) is 70.2 cm³/mol. The van der Waals surface area contributed by atoms with Gasteiger partial charge in [0.15, 0.2) is 0 Å². The Kier molecular flexibility index (Phi) is 3.71. The number of carbonyl (C=O) groups is 1. The number of hydrogen-bond acceptors (Lipinski definition) is 6. The van der Waals surface area contributed by atoms with Crippen LogP contribution in [-0.4, -0.2) is 41.3 Å². The smallest absolute Gasteiger partial charge is 0.292 e. The highest BCUT2D eigenvalue weighted by Crippen LogP contribution is 2.24. The Hall–Kier alpha value is -1.47. The first-order chi connectivity index (χ1) is 9.66. The third-order valence-electron chi connectivity index (χ3n) is 3.93. The maximum Gasteiger partial charge on any atom is 0.292 e. The molecule has 2 saturated heterocycles. The van der Waals surface area contributed by atoms with Crippen molar-refractivity contribution in [1.82, 2.24) is 20.8 Å². The zero-order valence-corrected chi connectivity index (χ0v) is 11.6. The number of carbonyl (C=O) groups excluding carboxylic acids is 1. The van der Waals surface area contributed by atoms with Crippen molar-refractivity contribution in [3.8, 4) is 0 Å². The van der Waals surface area contributed by atoms with Crippen LogP contribution in [-0.2, 0) is 4.74 Å². The summed E-state index contributed by atoms with van der Waals surface area (Å²) in [6, 6.07) is 0.0831. The summed E-state index contributed by atoms with van der Waals surface area (Å²) >= 11 is 0. The van der Waals surface area contributed by atoms with Gasteiger partial charge in [0.25, 0.3) is 11.7 Å². The van der Waals surface area contributed by atoms with Gasteiger partial charge in [-0.05, 0) is 39.2 Å². The number of ether oxygens (including phenoxy) is 1. The molecule has 0 radical (unpaired) electrons. The SMILES string of the molecule is CC1(CNC(=O)c2noc(C3CCCN3)n2)CCCO1. The van der Waals surface area contributed by atoms with E-state index in [1.165, 1.54) is 0 Å². The van der Waals surface area contributed by atoms with E-state index in [4.69, 9.17) is 9.26 Å². The van der Waals surface area contributed by atoms with Crippen molar-refractivity contribution in [3.63, 3.8) is 0 Å². The zero-order chi connectivity index (χ0) is 14.0. The Labute approximate surface area is 117 Å². The maximum atomic E-state index is 12.0. The number of rotatable bonds is 4. The number of hydrogen-bond donors (Lipinski definition) is 2. The maximum absolute atomic E-state index is 12.0. The lowest BCUT2D eigenvalue weighted by molar-refractivity contribution is 0.0204. The Balaban J connectivity index is 1.57. The molecule has 0 bridgehead atoms. The minimum atomic E-state index is -0.310. The molecule has 2 aliphatic heterocycles. The molecule has 110 valence electrons. The van der Waals surface area contributed by atoms with Crippen LogP contribution in [0.3, 0.4) is 0 Å². The van der Waals surface area contributed by atoms with Gasteiger partial charge in [0.2, 0.25) is 5.89 Å². The van der Waals surface area contributed by atoms with Crippen molar-refractivity contribution in [1.29, 1.82) is 0 Å². The van der Waals surface area contributed by atoms with Crippen molar-refractivity contribution < 1.29 is 14.1 Å². The Morgan fingerprint density at radius 3 is 3.15 bits per heavy atom. The summed E-state index contributed by atoms with van der Waals surface area (Å²) in [6.07, 6.45) is 4.04. The molecule has 0 aliphatic carbocycles. The average Bonchev–Trinajstić information content (AvgIpc) is 3.16. The zero-order valence-electron chi connectivity index (χ0n) is 11.6. The highest BCUT2D eigenvalue weighted by Gasteiger charge is 2.31. The summed E-state index contributed by atoms with van der Waals surface area (Å²) in [4.78, 5) is 16.2. The lowest BCUT2D eigenvalue weighted by Gasteiger charge is -2.22. The summed E-state index contributed by atoms with van der Waals surface area (Å²) in [5, 5.41) is 9.83. The topological polar surface area (TPSA) is 89.3 Å². The van der Waals surface area contributed by atoms with E-state index in [9.17, 15) is 4.79 Å². The van der Waals surface area contributed by atoms with E-state index in [1.54, 1.807) is 0 Å². The lowest BCUT2D eigenvalue weighted by atomic mass is 10.0.